The molecular formula is C14H21NO. The van der Waals surface area contributed by atoms with Crippen LogP contribution in [0.15, 0.2) is 24.3 Å². The molecule has 0 aromatic heterocycles. The molecule has 1 atom stereocenters. The molecule has 0 aliphatic heterocycles. The third-order valence-corrected chi connectivity index (χ3v) is 3.81. The Bertz CT molecular complexity index is 350. The van der Waals surface area contributed by atoms with Gasteiger partial charge in [-0.05, 0) is 37.3 Å². The fourth-order valence-corrected chi connectivity index (χ4v) is 2.72. The second kappa shape index (κ2) is 4.56. The molecule has 2 nitrogen and oxygen atoms in total. The van der Waals surface area contributed by atoms with Crippen LogP contribution in [0.1, 0.15) is 37.3 Å². The molecule has 1 unspecified atom stereocenters. The SMILES string of the molecule is CC(O)Cc1ccccc1C1(CN)CCC1. The van der Waals surface area contributed by atoms with Gasteiger partial charge in [-0.25, -0.2) is 0 Å². The van der Waals surface area contributed by atoms with E-state index in [2.05, 4.69) is 18.2 Å². The highest BCUT2D eigenvalue weighted by atomic mass is 16.3. The van der Waals surface area contributed by atoms with Crippen LogP contribution in [0.25, 0.3) is 0 Å². The van der Waals surface area contributed by atoms with Crippen molar-refractivity contribution in [1.82, 2.24) is 0 Å². The van der Waals surface area contributed by atoms with Crippen molar-refractivity contribution in [2.24, 2.45) is 5.73 Å². The highest BCUT2D eigenvalue weighted by Gasteiger charge is 2.38. The average Bonchev–Trinajstić information content (AvgIpc) is 2.19. The lowest BCUT2D eigenvalue weighted by Gasteiger charge is -2.43. The Morgan fingerprint density at radius 3 is 2.56 bits per heavy atom. The van der Waals surface area contributed by atoms with Gasteiger partial charge < -0.3 is 10.8 Å². The van der Waals surface area contributed by atoms with E-state index < -0.39 is 0 Å². The van der Waals surface area contributed by atoms with Gasteiger partial charge in [0.1, 0.15) is 0 Å². The maximum absolute atomic E-state index is 9.53. The van der Waals surface area contributed by atoms with Gasteiger partial charge in [0, 0.05) is 12.0 Å². The highest BCUT2D eigenvalue weighted by Crippen LogP contribution is 2.44. The Morgan fingerprint density at radius 2 is 2.06 bits per heavy atom. The minimum absolute atomic E-state index is 0.200. The monoisotopic (exact) mass is 219 g/mol. The van der Waals surface area contributed by atoms with Crippen molar-refractivity contribution in [3.05, 3.63) is 35.4 Å². The number of aliphatic hydroxyl groups is 1. The summed E-state index contributed by atoms with van der Waals surface area (Å²) in [4.78, 5) is 0. The molecule has 0 radical (unpaired) electrons. The predicted octanol–water partition coefficient (Wildman–Crippen LogP) is 1.99. The normalized spacial score (nSPS) is 20.2. The lowest BCUT2D eigenvalue weighted by Crippen LogP contribution is -2.42. The number of benzene rings is 1. The fraction of sp³-hybridized carbons (Fsp3) is 0.571. The van der Waals surface area contributed by atoms with E-state index in [4.69, 9.17) is 5.73 Å². The number of hydrogen-bond donors (Lipinski definition) is 2. The summed E-state index contributed by atoms with van der Waals surface area (Å²) in [5.41, 5.74) is 8.77. The highest BCUT2D eigenvalue weighted by molar-refractivity contribution is 5.37. The van der Waals surface area contributed by atoms with E-state index in [0.29, 0.717) is 0 Å². The Hall–Kier alpha value is -0.860. The van der Waals surface area contributed by atoms with Gasteiger partial charge in [0.2, 0.25) is 0 Å². The molecule has 1 fully saturated rings. The lowest BCUT2D eigenvalue weighted by atomic mass is 9.63. The van der Waals surface area contributed by atoms with Crippen LogP contribution >= 0.6 is 0 Å². The number of aliphatic hydroxyl groups excluding tert-OH is 1. The molecule has 3 N–H and O–H groups in total. The molecule has 2 rings (SSSR count). The van der Waals surface area contributed by atoms with Crippen molar-refractivity contribution < 1.29 is 5.11 Å². The molecule has 1 aromatic carbocycles. The first-order valence-electron chi connectivity index (χ1n) is 6.14. The molecule has 0 spiro atoms. The molecule has 2 heteroatoms. The van der Waals surface area contributed by atoms with E-state index in [9.17, 15) is 5.11 Å². The van der Waals surface area contributed by atoms with Crippen molar-refractivity contribution in [1.29, 1.82) is 0 Å². The summed E-state index contributed by atoms with van der Waals surface area (Å²) in [6.07, 6.45) is 4.12. The maximum atomic E-state index is 9.53. The second-order valence-electron chi connectivity index (χ2n) is 5.05. The molecule has 0 heterocycles. The summed E-state index contributed by atoms with van der Waals surface area (Å²) < 4.78 is 0. The third kappa shape index (κ3) is 2.00. The van der Waals surface area contributed by atoms with Crippen LogP contribution in [-0.4, -0.2) is 17.8 Å². The van der Waals surface area contributed by atoms with E-state index in [1.54, 1.807) is 0 Å². The van der Waals surface area contributed by atoms with Gasteiger partial charge >= 0.3 is 0 Å². The van der Waals surface area contributed by atoms with Crippen LogP contribution in [0.4, 0.5) is 0 Å². The van der Waals surface area contributed by atoms with E-state index in [1.807, 2.05) is 13.0 Å². The minimum atomic E-state index is -0.281. The van der Waals surface area contributed by atoms with Gasteiger partial charge in [-0.1, -0.05) is 30.7 Å². The number of nitrogens with two attached hydrogens (primary N) is 1. The van der Waals surface area contributed by atoms with E-state index in [1.165, 1.54) is 30.4 Å². The largest absolute Gasteiger partial charge is 0.393 e. The summed E-state index contributed by atoms with van der Waals surface area (Å²) in [6, 6.07) is 8.43. The van der Waals surface area contributed by atoms with Crippen LogP contribution in [0.2, 0.25) is 0 Å². The van der Waals surface area contributed by atoms with Gasteiger partial charge in [0.25, 0.3) is 0 Å². The van der Waals surface area contributed by atoms with Crippen molar-refractivity contribution in [3.63, 3.8) is 0 Å². The zero-order valence-electron chi connectivity index (χ0n) is 9.95. The fourth-order valence-electron chi connectivity index (χ4n) is 2.72. The first-order valence-corrected chi connectivity index (χ1v) is 6.14. The van der Waals surface area contributed by atoms with Gasteiger partial charge in [0.05, 0.1) is 6.10 Å². The first-order chi connectivity index (χ1) is 7.68. The number of hydrogen-bond acceptors (Lipinski definition) is 2. The minimum Gasteiger partial charge on any atom is -0.393 e. The van der Waals surface area contributed by atoms with Crippen molar-refractivity contribution in [2.75, 3.05) is 6.54 Å². The van der Waals surface area contributed by atoms with Crippen molar-refractivity contribution in [2.45, 2.75) is 44.1 Å². The molecule has 1 aromatic rings. The molecule has 1 saturated carbocycles. The Labute approximate surface area is 97.5 Å². The molecule has 88 valence electrons. The Balaban J connectivity index is 2.32. The van der Waals surface area contributed by atoms with Crippen molar-refractivity contribution in [3.8, 4) is 0 Å². The smallest absolute Gasteiger partial charge is 0.0552 e. The second-order valence-corrected chi connectivity index (χ2v) is 5.05. The van der Waals surface area contributed by atoms with Crippen LogP contribution in [0, 0.1) is 0 Å². The molecule has 1 aliphatic rings. The summed E-state index contributed by atoms with van der Waals surface area (Å²) in [6.45, 7) is 2.57. The van der Waals surface area contributed by atoms with E-state index >= 15 is 0 Å². The maximum Gasteiger partial charge on any atom is 0.0552 e. The van der Waals surface area contributed by atoms with Gasteiger partial charge in [0.15, 0.2) is 0 Å². The zero-order valence-corrected chi connectivity index (χ0v) is 9.95. The van der Waals surface area contributed by atoms with Gasteiger partial charge in [-0.2, -0.15) is 0 Å². The standard InChI is InChI=1S/C14H21NO/c1-11(16)9-12-5-2-3-6-13(12)14(10-15)7-4-8-14/h2-3,5-6,11,16H,4,7-10,15H2,1H3. The molecule has 1 aliphatic carbocycles. The third-order valence-electron chi connectivity index (χ3n) is 3.81. The molecule has 0 amide bonds. The Morgan fingerprint density at radius 1 is 1.38 bits per heavy atom. The quantitative estimate of drug-likeness (QED) is 0.813. The predicted molar refractivity (Wildman–Crippen MR) is 66.4 cm³/mol. The van der Waals surface area contributed by atoms with E-state index in [-0.39, 0.29) is 11.5 Å². The summed E-state index contributed by atoms with van der Waals surface area (Å²) >= 11 is 0. The Kier molecular flexibility index (Phi) is 3.31. The van der Waals surface area contributed by atoms with Crippen molar-refractivity contribution >= 4 is 0 Å². The molecule has 0 saturated heterocycles. The summed E-state index contributed by atoms with van der Waals surface area (Å²) in [5, 5.41) is 9.53. The van der Waals surface area contributed by atoms with E-state index in [0.717, 1.165) is 13.0 Å². The van der Waals surface area contributed by atoms with Crippen LogP contribution in [-0.2, 0) is 11.8 Å². The van der Waals surface area contributed by atoms with Crippen LogP contribution < -0.4 is 5.73 Å². The molecule has 0 bridgehead atoms. The summed E-state index contributed by atoms with van der Waals surface area (Å²) in [7, 11) is 0. The lowest BCUT2D eigenvalue weighted by molar-refractivity contribution is 0.192. The molecule has 16 heavy (non-hydrogen) atoms. The van der Waals surface area contributed by atoms with Gasteiger partial charge in [-0.15, -0.1) is 0 Å². The average molecular weight is 219 g/mol. The molecular weight excluding hydrogens is 198 g/mol. The topological polar surface area (TPSA) is 46.2 Å². The first kappa shape index (κ1) is 11.6. The van der Waals surface area contributed by atoms with Crippen LogP contribution in [0.3, 0.4) is 0 Å². The summed E-state index contributed by atoms with van der Waals surface area (Å²) in [5.74, 6) is 0. The zero-order chi connectivity index (χ0) is 11.6. The van der Waals surface area contributed by atoms with Gasteiger partial charge in [-0.3, -0.25) is 0 Å². The van der Waals surface area contributed by atoms with Crippen LogP contribution in [0.5, 0.6) is 0 Å². The number of rotatable bonds is 4.